The predicted molar refractivity (Wildman–Crippen MR) is 312 cm³/mol. The Morgan fingerprint density at radius 2 is 0.467 bits per heavy atom. The van der Waals surface area contributed by atoms with Gasteiger partial charge in [0.25, 0.3) is 0 Å². The molecule has 0 fully saturated rings. The molecule has 4 aromatic carbocycles. The number of carboxylic acid groups (broad SMARTS) is 2. The second-order valence-electron chi connectivity index (χ2n) is 19.3. The maximum atomic E-state index is 12.4. The fourth-order valence-electron chi connectivity index (χ4n) is 7.40. The third-order valence-electron chi connectivity index (χ3n) is 11.2. The Balaban J connectivity index is -0.000000183. The maximum Gasteiger partial charge on any atom is 3.00 e. The number of carboxylic acids is 2. The van der Waals surface area contributed by atoms with Crippen molar-refractivity contribution in [3.8, 4) is 46.0 Å². The Hall–Kier alpha value is -5.40. The molecule has 0 aliphatic rings. The Bertz CT molecular complexity index is 2350. The molecule has 0 radical (unpaired) electrons. The number of ether oxygens (including phenoxy) is 4. The quantitative estimate of drug-likeness (QED) is 0.0523. The van der Waals surface area contributed by atoms with Gasteiger partial charge in [-0.15, -0.1) is 0 Å². The number of rotatable bonds is 24. The van der Waals surface area contributed by atoms with Crippen molar-refractivity contribution in [3.05, 3.63) is 154 Å². The summed E-state index contributed by atoms with van der Waals surface area (Å²) in [6, 6.07) is 14.8. The summed E-state index contributed by atoms with van der Waals surface area (Å²) >= 11 is 0. The van der Waals surface area contributed by atoms with Crippen molar-refractivity contribution >= 4 is 11.9 Å². The summed E-state index contributed by atoms with van der Waals surface area (Å²) in [6.07, 6.45) is 0. The molecule has 38 heteroatoms. The second-order valence-corrected chi connectivity index (χ2v) is 19.3. The molecule has 0 aliphatic carbocycles. The molecule has 4 rings (SSSR count). The van der Waals surface area contributed by atoms with Crippen molar-refractivity contribution in [1.82, 2.24) is 29.4 Å². The Morgan fingerprint density at radius 3 is 0.587 bits per heavy atom. The van der Waals surface area contributed by atoms with Crippen molar-refractivity contribution < 1.29 is 196 Å². The van der Waals surface area contributed by atoms with Gasteiger partial charge in [-0.1, -0.05) is 47.3 Å². The standard InChI is InChI=1S/2C25H39N3O4.2C2H4O2.4NO3.2Tb.2Zn/c2*1-18-12-20(24(29)22(14-18)31-6)16-27(4)10-8-26(3)9-11-28(5)17-21-13-19(2)15-23(32-7)25(21)30;2*1-2(3)4;4*2-1(3)4;;;;/h2*12-15,29-30H,8-11,16-17H2,1-7H3;2*1H3,(H,3,4);;;;;;;;/q;;;;4*-1;2*+3;2*+2/p-6. The number of benzene rings is 4. The summed E-state index contributed by atoms with van der Waals surface area (Å²) in [7, 11) is 18.4. The SMILES string of the molecule is CC(=O)[O-].CC(=O)[O-].COc1cc(C)cc(CN(C)CCN(C)CCN(C)Cc2cc(C)cc(OC)c2[O-])c1[O-].COc1cc(C)cc(CN(C)CCN(C)CCN(C)Cc2cc(C)cc(OC)c2[O-])c1[O-].O=[N+]([O-])[O-].O=[N+]([O-])[O-].O=[N+]([O-])[O-].O=[N+]([O-])[O-].[Tb+3].[Tb+3].[Zn+2].[Zn+2]. The monoisotopic (exact) mass is 1700 g/mol. The molecule has 0 unspecified atom stereocenters. The van der Waals surface area contributed by atoms with E-state index in [0.29, 0.717) is 49.2 Å². The zero-order chi connectivity index (χ0) is 69.1. The van der Waals surface area contributed by atoms with E-state index in [0.717, 1.165) is 111 Å². The number of aryl methyl sites for hydroxylation is 4. The molecule has 0 amide bonds. The van der Waals surface area contributed by atoms with Crippen molar-refractivity contribution in [1.29, 1.82) is 0 Å². The molecular weight excluding hydrogens is 1620 g/mol. The van der Waals surface area contributed by atoms with Gasteiger partial charge in [0.2, 0.25) is 0 Å². The largest absolute Gasteiger partial charge is 3.00 e. The molecule has 34 nitrogen and oxygen atoms in total. The minimum atomic E-state index is -1.75. The minimum Gasteiger partial charge on any atom is -0.870 e. The van der Waals surface area contributed by atoms with E-state index in [1.807, 2.05) is 80.2 Å². The number of likely N-dealkylation sites (N-methyl/N-ethyl adjacent to an activating group) is 6. The molecule has 0 N–H and O–H groups in total. The third-order valence-corrected chi connectivity index (χ3v) is 11.2. The fourth-order valence-corrected chi connectivity index (χ4v) is 7.40. The van der Waals surface area contributed by atoms with Crippen molar-refractivity contribution in [2.75, 3.05) is 123 Å². The normalized spacial score (nSPS) is 9.63. The van der Waals surface area contributed by atoms with E-state index in [9.17, 15) is 20.4 Å². The molecule has 92 heavy (non-hydrogen) atoms. The van der Waals surface area contributed by atoms with Crippen LogP contribution in [0.15, 0.2) is 48.5 Å². The van der Waals surface area contributed by atoms with Gasteiger partial charge in [-0.2, -0.15) is 0 Å². The van der Waals surface area contributed by atoms with Crippen molar-refractivity contribution in [2.24, 2.45) is 0 Å². The number of hydrogen-bond acceptors (Lipinski definition) is 30. The number of carbonyl (C=O) groups excluding carboxylic acids is 2. The number of hydrogen-bond donors (Lipinski definition) is 0. The molecule has 0 heterocycles. The molecule has 0 aliphatic heterocycles. The first kappa shape index (κ1) is 103. The van der Waals surface area contributed by atoms with Gasteiger partial charge in [-0.25, -0.2) is 0 Å². The Kier molecular flexibility index (Phi) is 65.0. The van der Waals surface area contributed by atoms with Crippen LogP contribution in [0.5, 0.6) is 46.0 Å². The molecule has 512 valence electrons. The van der Waals surface area contributed by atoms with Crippen LogP contribution in [0.3, 0.4) is 0 Å². The number of methoxy groups -OCH3 is 4. The van der Waals surface area contributed by atoms with Gasteiger partial charge < -0.3 is 150 Å². The summed E-state index contributed by atoms with van der Waals surface area (Å²) < 4.78 is 20.8. The van der Waals surface area contributed by atoms with Gasteiger partial charge in [-0.3, -0.25) is 0 Å². The van der Waals surface area contributed by atoms with Crippen LogP contribution in [0.4, 0.5) is 0 Å². The predicted octanol–water partition coefficient (Wildman–Crippen LogP) is 0.478. The zero-order valence-electron chi connectivity index (χ0n) is 54.5. The van der Waals surface area contributed by atoms with E-state index < -0.39 is 32.3 Å². The Labute approximate surface area is 622 Å². The van der Waals surface area contributed by atoms with E-state index in [1.54, 1.807) is 24.3 Å². The average molecular weight is 1700 g/mol. The van der Waals surface area contributed by atoms with Crippen LogP contribution in [0.2, 0.25) is 0 Å². The third kappa shape index (κ3) is 56.2. The first-order chi connectivity index (χ1) is 40.7. The van der Waals surface area contributed by atoms with Crippen molar-refractivity contribution in [2.45, 2.75) is 67.7 Å². The van der Waals surface area contributed by atoms with Crippen LogP contribution < -0.4 is 49.6 Å². The molecule has 0 aromatic heterocycles. The first-order valence-electron chi connectivity index (χ1n) is 25.8. The van der Waals surface area contributed by atoms with Crippen molar-refractivity contribution in [3.63, 3.8) is 0 Å². The Morgan fingerprint density at radius 1 is 0.348 bits per heavy atom. The van der Waals surface area contributed by atoms with E-state index in [2.05, 4.69) is 43.5 Å². The zero-order valence-corrected chi connectivity index (χ0v) is 64.7. The van der Waals surface area contributed by atoms with E-state index >= 15 is 0 Å². The van der Waals surface area contributed by atoms with Gasteiger partial charge in [-0.05, 0) is 153 Å². The van der Waals surface area contributed by atoms with Gasteiger partial charge in [0.05, 0.1) is 48.8 Å². The van der Waals surface area contributed by atoms with Crippen LogP contribution in [-0.4, -0.2) is 185 Å². The van der Waals surface area contributed by atoms with Crippen LogP contribution in [-0.2, 0) is 74.7 Å². The molecule has 0 atom stereocenters. The number of nitrogens with zero attached hydrogens (tertiary/aromatic N) is 10. The number of aliphatic carboxylic acids is 2. The molecule has 4 aromatic rings. The first-order valence-corrected chi connectivity index (χ1v) is 25.8. The van der Waals surface area contributed by atoms with Crippen LogP contribution in [0, 0.1) is 166 Å². The second kappa shape index (κ2) is 58.2. The summed E-state index contributed by atoms with van der Waals surface area (Å²) in [5, 5.41) is 127. The number of carbonyl (C=O) groups is 2. The van der Waals surface area contributed by atoms with E-state index in [-0.39, 0.29) is 139 Å². The van der Waals surface area contributed by atoms with E-state index in [4.69, 9.17) is 100 Å². The molecule has 0 saturated carbocycles. The molecule has 0 saturated heterocycles. The molecule has 0 bridgehead atoms. The van der Waals surface area contributed by atoms with Gasteiger partial charge in [0.1, 0.15) is 23.0 Å². The minimum absolute atomic E-state index is 0. The average Bonchev–Trinajstić information content (AvgIpc) is 1.34. The van der Waals surface area contributed by atoms with Gasteiger partial charge >= 0.3 is 116 Å². The van der Waals surface area contributed by atoms with Crippen LogP contribution >= 0.6 is 0 Å². The maximum absolute atomic E-state index is 12.4. The van der Waals surface area contributed by atoms with Gasteiger partial charge in [0, 0.05) is 90.5 Å². The van der Waals surface area contributed by atoms with Crippen LogP contribution in [0.1, 0.15) is 58.4 Å². The molecular formula is C54H80N10O24Tb2Zn2. The smallest absolute Gasteiger partial charge is 0.870 e. The summed E-state index contributed by atoms with van der Waals surface area (Å²) in [6.45, 7) is 19.1. The topological polar surface area (TPSA) is 494 Å². The summed E-state index contributed by atoms with van der Waals surface area (Å²) in [4.78, 5) is 63.9. The van der Waals surface area contributed by atoms with Gasteiger partial charge in [0.15, 0.2) is 0 Å². The fraction of sp³-hybridized carbons (Fsp3) is 0.519. The molecule has 0 spiro atoms. The van der Waals surface area contributed by atoms with E-state index in [1.165, 1.54) is 28.4 Å². The summed E-state index contributed by atoms with van der Waals surface area (Å²) in [5.41, 5.74) is 7.13. The van der Waals surface area contributed by atoms with Crippen LogP contribution in [0.25, 0.3) is 0 Å². The summed E-state index contributed by atoms with van der Waals surface area (Å²) in [5.74, 6) is -0.698.